The van der Waals surface area contributed by atoms with E-state index in [0.29, 0.717) is 0 Å². The van der Waals surface area contributed by atoms with E-state index in [1.807, 2.05) is 24.3 Å². The van der Waals surface area contributed by atoms with Crippen LogP contribution in [0.1, 0.15) is 18.5 Å². The Morgan fingerprint density at radius 3 is 2.85 bits per heavy atom. The Labute approximate surface area is 118 Å². The van der Waals surface area contributed by atoms with E-state index in [1.54, 1.807) is 7.11 Å². The topological polar surface area (TPSA) is 54.4 Å². The van der Waals surface area contributed by atoms with E-state index in [0.717, 1.165) is 48.3 Å². The van der Waals surface area contributed by atoms with Crippen LogP contribution in [0.25, 0.3) is 10.9 Å². The largest absolute Gasteiger partial charge is 0.494 e. The van der Waals surface area contributed by atoms with Crippen molar-refractivity contribution in [1.82, 2.24) is 10.3 Å². The van der Waals surface area contributed by atoms with Crippen molar-refractivity contribution in [2.24, 2.45) is 5.41 Å². The maximum Gasteiger partial charge on any atom is 0.145 e. The minimum atomic E-state index is 0.133. The lowest BCUT2D eigenvalue weighted by molar-refractivity contribution is 0.207. The van der Waals surface area contributed by atoms with Gasteiger partial charge in [0.25, 0.3) is 0 Å². The molecule has 4 heteroatoms. The van der Waals surface area contributed by atoms with Crippen LogP contribution in [0.2, 0.25) is 0 Å². The summed E-state index contributed by atoms with van der Waals surface area (Å²) in [6.45, 7) is 1.85. The molecule has 0 radical (unpaired) electrons. The third-order valence-corrected chi connectivity index (χ3v) is 4.06. The van der Waals surface area contributed by atoms with Crippen molar-refractivity contribution < 1.29 is 9.84 Å². The van der Waals surface area contributed by atoms with E-state index >= 15 is 0 Å². The molecule has 3 rings (SSSR count). The molecule has 2 N–H and O–H groups in total. The Hall–Kier alpha value is -1.65. The van der Waals surface area contributed by atoms with E-state index in [9.17, 15) is 5.11 Å². The Balaban J connectivity index is 1.72. The van der Waals surface area contributed by atoms with Crippen molar-refractivity contribution in [3.05, 3.63) is 36.0 Å². The lowest BCUT2D eigenvalue weighted by Crippen LogP contribution is -2.26. The molecule has 1 saturated carbocycles. The van der Waals surface area contributed by atoms with E-state index < -0.39 is 0 Å². The Bertz CT molecular complexity index is 608. The van der Waals surface area contributed by atoms with Gasteiger partial charge in [0.1, 0.15) is 11.3 Å². The van der Waals surface area contributed by atoms with Crippen molar-refractivity contribution >= 4 is 10.9 Å². The van der Waals surface area contributed by atoms with Crippen molar-refractivity contribution in [3.8, 4) is 5.75 Å². The summed E-state index contributed by atoms with van der Waals surface area (Å²) >= 11 is 0. The lowest BCUT2D eigenvalue weighted by atomic mass is 10.1. The molecule has 1 fully saturated rings. The number of hydrogen-bond donors (Lipinski definition) is 2. The Kier molecular flexibility index (Phi) is 3.59. The highest BCUT2D eigenvalue weighted by Gasteiger charge is 2.41. The molecule has 1 aliphatic carbocycles. The molecule has 0 atom stereocenters. The second-order valence-electron chi connectivity index (χ2n) is 5.60. The smallest absolute Gasteiger partial charge is 0.145 e. The number of benzene rings is 1. The van der Waals surface area contributed by atoms with Crippen molar-refractivity contribution in [1.29, 1.82) is 0 Å². The van der Waals surface area contributed by atoms with Crippen LogP contribution in [0.4, 0.5) is 0 Å². The normalized spacial score (nSPS) is 16.3. The molecule has 106 valence electrons. The highest BCUT2D eigenvalue weighted by molar-refractivity contribution is 5.84. The molecule has 0 aliphatic heterocycles. The van der Waals surface area contributed by atoms with Gasteiger partial charge in [-0.3, -0.25) is 0 Å². The number of rotatable bonds is 6. The first-order valence-corrected chi connectivity index (χ1v) is 7.01. The second kappa shape index (κ2) is 5.38. The van der Waals surface area contributed by atoms with Crippen LogP contribution in [0.5, 0.6) is 5.75 Å². The third kappa shape index (κ3) is 2.62. The number of aliphatic hydroxyl groups excluding tert-OH is 1. The van der Waals surface area contributed by atoms with Gasteiger partial charge in [0.15, 0.2) is 0 Å². The van der Waals surface area contributed by atoms with Crippen LogP contribution >= 0.6 is 0 Å². The standard InChI is InChI=1S/C16H20N2O2/c1-20-14-4-2-3-12-5-6-13(18-15(12)14)9-17-10-16(11-19)7-8-16/h2-6,17,19H,7-11H2,1H3. The monoisotopic (exact) mass is 272 g/mol. The molecule has 1 aliphatic rings. The van der Waals surface area contributed by atoms with Gasteiger partial charge in [-0.15, -0.1) is 0 Å². The van der Waals surface area contributed by atoms with E-state index in [2.05, 4.69) is 16.4 Å². The number of aromatic nitrogens is 1. The molecule has 1 aromatic carbocycles. The van der Waals surface area contributed by atoms with Gasteiger partial charge in [0.2, 0.25) is 0 Å². The van der Waals surface area contributed by atoms with E-state index in [4.69, 9.17) is 4.74 Å². The first-order chi connectivity index (χ1) is 9.76. The maximum atomic E-state index is 9.29. The number of nitrogens with zero attached hydrogens (tertiary/aromatic N) is 1. The SMILES string of the molecule is COc1cccc2ccc(CNCC3(CO)CC3)nc12. The quantitative estimate of drug-likeness (QED) is 0.845. The van der Waals surface area contributed by atoms with Crippen LogP contribution < -0.4 is 10.1 Å². The molecule has 0 spiro atoms. The molecule has 2 aromatic rings. The average molecular weight is 272 g/mol. The molecule has 0 bridgehead atoms. The fourth-order valence-corrected chi connectivity index (χ4v) is 2.45. The minimum absolute atomic E-state index is 0.133. The number of hydrogen-bond acceptors (Lipinski definition) is 4. The fraction of sp³-hybridized carbons (Fsp3) is 0.438. The summed E-state index contributed by atoms with van der Waals surface area (Å²) in [5.74, 6) is 0.804. The number of aliphatic hydroxyl groups is 1. The van der Waals surface area contributed by atoms with Crippen LogP contribution in [0.15, 0.2) is 30.3 Å². The van der Waals surface area contributed by atoms with Gasteiger partial charge < -0.3 is 15.2 Å². The molecule has 0 amide bonds. The minimum Gasteiger partial charge on any atom is -0.494 e. The number of methoxy groups -OCH3 is 1. The van der Waals surface area contributed by atoms with Crippen LogP contribution in [0, 0.1) is 5.41 Å². The molecule has 0 unspecified atom stereocenters. The summed E-state index contributed by atoms with van der Waals surface area (Å²) in [6.07, 6.45) is 2.24. The van der Waals surface area contributed by atoms with E-state index in [-0.39, 0.29) is 12.0 Å². The van der Waals surface area contributed by atoms with Crippen molar-refractivity contribution in [2.45, 2.75) is 19.4 Å². The first-order valence-electron chi connectivity index (χ1n) is 7.01. The van der Waals surface area contributed by atoms with Gasteiger partial charge in [-0.1, -0.05) is 18.2 Å². The number of nitrogens with one attached hydrogen (secondary N) is 1. The Morgan fingerprint density at radius 1 is 1.30 bits per heavy atom. The first kappa shape index (κ1) is 13.3. The lowest BCUT2D eigenvalue weighted by Gasteiger charge is -2.13. The molecule has 1 aromatic heterocycles. The summed E-state index contributed by atoms with van der Waals surface area (Å²) in [5, 5.41) is 13.8. The zero-order chi connectivity index (χ0) is 14.0. The van der Waals surface area contributed by atoms with Gasteiger partial charge in [-0.2, -0.15) is 0 Å². The van der Waals surface area contributed by atoms with Crippen LogP contribution in [0.3, 0.4) is 0 Å². The van der Waals surface area contributed by atoms with Gasteiger partial charge in [0, 0.05) is 30.5 Å². The van der Waals surface area contributed by atoms with Gasteiger partial charge in [-0.25, -0.2) is 4.98 Å². The number of para-hydroxylation sites is 1. The van der Waals surface area contributed by atoms with Gasteiger partial charge >= 0.3 is 0 Å². The van der Waals surface area contributed by atoms with Crippen LogP contribution in [-0.4, -0.2) is 30.4 Å². The summed E-state index contributed by atoms with van der Waals surface area (Å²) in [6, 6.07) is 10.0. The zero-order valence-corrected chi connectivity index (χ0v) is 11.7. The third-order valence-electron chi connectivity index (χ3n) is 4.06. The van der Waals surface area contributed by atoms with Crippen molar-refractivity contribution in [2.75, 3.05) is 20.3 Å². The number of pyridine rings is 1. The fourth-order valence-electron chi connectivity index (χ4n) is 2.45. The highest BCUT2D eigenvalue weighted by Crippen LogP contribution is 2.44. The molecule has 0 saturated heterocycles. The number of ether oxygens (including phenoxy) is 1. The highest BCUT2D eigenvalue weighted by atomic mass is 16.5. The van der Waals surface area contributed by atoms with Gasteiger partial charge in [-0.05, 0) is 25.0 Å². The molecule has 1 heterocycles. The predicted molar refractivity (Wildman–Crippen MR) is 78.8 cm³/mol. The van der Waals surface area contributed by atoms with E-state index in [1.165, 1.54) is 0 Å². The summed E-state index contributed by atoms with van der Waals surface area (Å²) in [7, 11) is 1.67. The molecule has 4 nitrogen and oxygen atoms in total. The Morgan fingerprint density at radius 2 is 2.15 bits per heavy atom. The molecule has 20 heavy (non-hydrogen) atoms. The zero-order valence-electron chi connectivity index (χ0n) is 11.7. The average Bonchev–Trinajstić information content (AvgIpc) is 3.27. The summed E-state index contributed by atoms with van der Waals surface area (Å²) in [5.41, 5.74) is 2.03. The van der Waals surface area contributed by atoms with Crippen molar-refractivity contribution in [3.63, 3.8) is 0 Å². The maximum absolute atomic E-state index is 9.29. The molecular formula is C16H20N2O2. The summed E-state index contributed by atoms with van der Waals surface area (Å²) < 4.78 is 5.35. The second-order valence-corrected chi connectivity index (χ2v) is 5.60. The summed E-state index contributed by atoms with van der Waals surface area (Å²) in [4.78, 5) is 4.66. The predicted octanol–water partition coefficient (Wildman–Crippen LogP) is 2.11. The van der Waals surface area contributed by atoms with Gasteiger partial charge in [0.05, 0.1) is 12.8 Å². The molecular weight excluding hydrogens is 252 g/mol. The van der Waals surface area contributed by atoms with Crippen LogP contribution in [-0.2, 0) is 6.54 Å². The number of fused-ring (bicyclic) bond motifs is 1.